The summed E-state index contributed by atoms with van der Waals surface area (Å²) in [4.78, 5) is 4.33. The van der Waals surface area contributed by atoms with Crippen LogP contribution in [0, 0.1) is 6.92 Å². The number of nitrogens with zero attached hydrogens (tertiary/aromatic N) is 1. The fourth-order valence-electron chi connectivity index (χ4n) is 2.71. The molecular formula is C12H17N3O. The molecular weight excluding hydrogens is 202 g/mol. The van der Waals surface area contributed by atoms with Crippen molar-refractivity contribution in [1.29, 1.82) is 0 Å². The summed E-state index contributed by atoms with van der Waals surface area (Å²) in [5.74, 6) is 0.940. The van der Waals surface area contributed by atoms with Gasteiger partial charge in [0.05, 0.1) is 30.1 Å². The Labute approximate surface area is 95.2 Å². The van der Waals surface area contributed by atoms with Crippen LogP contribution in [-0.4, -0.2) is 23.2 Å². The Morgan fingerprint density at radius 1 is 1.50 bits per heavy atom. The maximum atomic E-state index is 5.81. The largest absolute Gasteiger partial charge is 0.397 e. The number of aryl methyl sites for hydroxylation is 1. The molecule has 0 spiro atoms. The average molecular weight is 219 g/mol. The van der Waals surface area contributed by atoms with E-state index >= 15 is 0 Å². The topological polar surface area (TPSA) is 60.2 Å². The fraction of sp³-hybridized carbons (Fsp3) is 0.583. The standard InChI is InChI=1S/C12H17N3O/c1-7-4-8(13)6-14-12(7)15-10-5-9-2-3-11(10)16-9/h4,6,9-11H,2-3,5,13H2,1H3,(H,14,15). The molecule has 3 rings (SSSR count). The van der Waals surface area contributed by atoms with Crippen LogP contribution >= 0.6 is 0 Å². The van der Waals surface area contributed by atoms with Crippen LogP contribution in [0.15, 0.2) is 12.3 Å². The molecule has 4 nitrogen and oxygen atoms in total. The smallest absolute Gasteiger partial charge is 0.129 e. The Hall–Kier alpha value is -1.29. The van der Waals surface area contributed by atoms with Gasteiger partial charge in [0.1, 0.15) is 5.82 Å². The highest BCUT2D eigenvalue weighted by atomic mass is 16.5. The molecule has 3 atom stereocenters. The lowest BCUT2D eigenvalue weighted by atomic mass is 9.95. The van der Waals surface area contributed by atoms with Crippen LogP contribution in [0.3, 0.4) is 0 Å². The predicted molar refractivity (Wildman–Crippen MR) is 63.3 cm³/mol. The van der Waals surface area contributed by atoms with Crippen molar-refractivity contribution in [2.45, 2.75) is 44.4 Å². The van der Waals surface area contributed by atoms with Gasteiger partial charge in [0.25, 0.3) is 0 Å². The summed E-state index contributed by atoms with van der Waals surface area (Å²) in [6, 6.07) is 2.37. The van der Waals surface area contributed by atoms with Gasteiger partial charge in [-0.3, -0.25) is 0 Å². The Balaban J connectivity index is 1.74. The van der Waals surface area contributed by atoms with E-state index in [2.05, 4.69) is 10.3 Å². The van der Waals surface area contributed by atoms with Crippen molar-refractivity contribution in [3.8, 4) is 0 Å². The molecule has 2 fully saturated rings. The summed E-state index contributed by atoms with van der Waals surface area (Å²) in [6.45, 7) is 2.03. The van der Waals surface area contributed by atoms with Crippen LogP contribution in [0.25, 0.3) is 0 Å². The first-order valence-corrected chi connectivity index (χ1v) is 5.86. The highest BCUT2D eigenvalue weighted by molar-refractivity contribution is 5.51. The van der Waals surface area contributed by atoms with Crippen molar-refractivity contribution >= 4 is 11.5 Å². The number of nitrogen functional groups attached to an aromatic ring is 1. The van der Waals surface area contributed by atoms with E-state index in [1.54, 1.807) is 6.20 Å². The van der Waals surface area contributed by atoms with Crippen LogP contribution in [0.5, 0.6) is 0 Å². The molecule has 0 saturated carbocycles. The SMILES string of the molecule is Cc1cc(N)cnc1NC1CC2CCC1O2. The lowest BCUT2D eigenvalue weighted by molar-refractivity contribution is 0.102. The molecule has 3 unspecified atom stereocenters. The maximum Gasteiger partial charge on any atom is 0.129 e. The summed E-state index contributed by atoms with van der Waals surface area (Å²) in [7, 11) is 0. The summed E-state index contributed by atoms with van der Waals surface area (Å²) in [5, 5.41) is 3.48. The van der Waals surface area contributed by atoms with Crippen molar-refractivity contribution in [3.05, 3.63) is 17.8 Å². The van der Waals surface area contributed by atoms with Gasteiger partial charge in [0.15, 0.2) is 0 Å². The Bertz CT molecular complexity index is 407. The number of ether oxygens (including phenoxy) is 1. The number of pyridine rings is 1. The van der Waals surface area contributed by atoms with Gasteiger partial charge in [-0.1, -0.05) is 0 Å². The first-order valence-electron chi connectivity index (χ1n) is 5.86. The Morgan fingerprint density at radius 3 is 3.00 bits per heavy atom. The quantitative estimate of drug-likeness (QED) is 0.795. The first kappa shape index (κ1) is 9.90. The zero-order chi connectivity index (χ0) is 11.1. The number of aromatic nitrogens is 1. The van der Waals surface area contributed by atoms with Crippen molar-refractivity contribution in [3.63, 3.8) is 0 Å². The Kier molecular flexibility index (Phi) is 2.24. The van der Waals surface area contributed by atoms with E-state index in [1.165, 1.54) is 12.8 Å². The number of nitrogens with two attached hydrogens (primary N) is 1. The van der Waals surface area contributed by atoms with Crippen LogP contribution in [-0.2, 0) is 4.74 Å². The predicted octanol–water partition coefficient (Wildman–Crippen LogP) is 1.70. The van der Waals surface area contributed by atoms with Crippen LogP contribution in [0.4, 0.5) is 11.5 Å². The number of fused-ring (bicyclic) bond motifs is 2. The van der Waals surface area contributed by atoms with Gasteiger partial charge in [0.2, 0.25) is 0 Å². The van der Waals surface area contributed by atoms with Gasteiger partial charge in [-0.2, -0.15) is 0 Å². The molecule has 0 aliphatic carbocycles. The summed E-state index contributed by atoms with van der Waals surface area (Å²) >= 11 is 0. The van der Waals surface area contributed by atoms with Crippen molar-refractivity contribution in [2.24, 2.45) is 0 Å². The van der Waals surface area contributed by atoms with E-state index in [0.29, 0.717) is 23.9 Å². The molecule has 0 amide bonds. The molecule has 0 aromatic carbocycles. The molecule has 2 bridgehead atoms. The van der Waals surface area contributed by atoms with Gasteiger partial charge in [-0.05, 0) is 37.8 Å². The zero-order valence-electron chi connectivity index (χ0n) is 9.44. The molecule has 2 aliphatic heterocycles. The van der Waals surface area contributed by atoms with E-state index in [-0.39, 0.29) is 0 Å². The maximum absolute atomic E-state index is 5.81. The van der Waals surface area contributed by atoms with E-state index in [9.17, 15) is 0 Å². The monoisotopic (exact) mass is 219 g/mol. The minimum atomic E-state index is 0.378. The highest BCUT2D eigenvalue weighted by Crippen LogP contribution is 2.36. The highest BCUT2D eigenvalue weighted by Gasteiger charge is 2.40. The van der Waals surface area contributed by atoms with Crippen molar-refractivity contribution in [1.82, 2.24) is 4.98 Å². The number of rotatable bonds is 2. The molecule has 3 N–H and O–H groups in total. The van der Waals surface area contributed by atoms with Gasteiger partial charge < -0.3 is 15.8 Å². The van der Waals surface area contributed by atoms with Gasteiger partial charge in [0, 0.05) is 0 Å². The average Bonchev–Trinajstić information content (AvgIpc) is 2.84. The van der Waals surface area contributed by atoms with Crippen molar-refractivity contribution < 1.29 is 4.74 Å². The van der Waals surface area contributed by atoms with Gasteiger partial charge in [-0.25, -0.2) is 4.98 Å². The zero-order valence-corrected chi connectivity index (χ0v) is 9.44. The third-order valence-electron chi connectivity index (χ3n) is 3.53. The Morgan fingerprint density at radius 2 is 2.38 bits per heavy atom. The van der Waals surface area contributed by atoms with E-state index in [1.807, 2.05) is 13.0 Å². The second kappa shape index (κ2) is 3.63. The third-order valence-corrected chi connectivity index (χ3v) is 3.53. The first-order chi connectivity index (χ1) is 7.72. The molecule has 2 aliphatic rings. The third kappa shape index (κ3) is 1.63. The van der Waals surface area contributed by atoms with Crippen LogP contribution in [0.1, 0.15) is 24.8 Å². The van der Waals surface area contributed by atoms with Crippen molar-refractivity contribution in [2.75, 3.05) is 11.1 Å². The molecule has 3 heterocycles. The molecule has 16 heavy (non-hydrogen) atoms. The molecule has 0 radical (unpaired) electrons. The van der Waals surface area contributed by atoms with E-state index < -0.39 is 0 Å². The molecule has 4 heteroatoms. The molecule has 2 saturated heterocycles. The van der Waals surface area contributed by atoms with Gasteiger partial charge >= 0.3 is 0 Å². The number of hydrogen-bond donors (Lipinski definition) is 2. The molecule has 1 aromatic heterocycles. The fourth-order valence-corrected chi connectivity index (χ4v) is 2.71. The summed E-state index contributed by atoms with van der Waals surface area (Å²) < 4.78 is 5.81. The van der Waals surface area contributed by atoms with Crippen LogP contribution < -0.4 is 11.1 Å². The van der Waals surface area contributed by atoms with E-state index in [4.69, 9.17) is 10.5 Å². The number of hydrogen-bond acceptors (Lipinski definition) is 4. The molecule has 1 aromatic rings. The minimum Gasteiger partial charge on any atom is -0.397 e. The number of nitrogens with one attached hydrogen (secondary N) is 1. The summed E-state index contributed by atoms with van der Waals surface area (Å²) in [5.41, 5.74) is 7.50. The number of anilines is 2. The van der Waals surface area contributed by atoms with E-state index in [0.717, 1.165) is 17.8 Å². The lowest BCUT2D eigenvalue weighted by Gasteiger charge is -2.21. The minimum absolute atomic E-state index is 0.378. The normalized spacial score (nSPS) is 31.9. The summed E-state index contributed by atoms with van der Waals surface area (Å²) in [6.07, 6.45) is 6.05. The second-order valence-corrected chi connectivity index (χ2v) is 4.79. The molecule has 86 valence electrons. The lowest BCUT2D eigenvalue weighted by Crippen LogP contribution is -2.31. The van der Waals surface area contributed by atoms with Crippen LogP contribution in [0.2, 0.25) is 0 Å². The van der Waals surface area contributed by atoms with Gasteiger partial charge in [-0.15, -0.1) is 0 Å². The second-order valence-electron chi connectivity index (χ2n) is 4.79.